The highest BCUT2D eigenvalue weighted by atomic mass is 32.1. The average molecular weight is 444 g/mol. The first-order chi connectivity index (χ1) is 15.0. The van der Waals surface area contributed by atoms with Gasteiger partial charge in [0.05, 0.1) is 12.8 Å². The van der Waals surface area contributed by atoms with E-state index in [0.29, 0.717) is 29.1 Å². The standard InChI is InChI=1S/C21H25N5O4S/c1-3-10-25-19(28)17-18(23-20(31-17)24-11-6-7-12-24)26(21(25)29)13-16(27)22-14-8-4-5-9-15(14)30-2/h4-5,8-9H,3,6-7,10-13H2,1-2H3,(H,22,27). The van der Waals surface area contributed by atoms with E-state index in [1.807, 2.05) is 6.92 Å². The Morgan fingerprint density at radius 3 is 2.65 bits per heavy atom. The van der Waals surface area contributed by atoms with Crippen LogP contribution in [0.4, 0.5) is 10.8 Å². The number of benzene rings is 1. The Bertz CT molecular complexity index is 1220. The number of amides is 1. The van der Waals surface area contributed by atoms with Gasteiger partial charge in [0.15, 0.2) is 10.8 Å². The molecule has 1 aliphatic heterocycles. The van der Waals surface area contributed by atoms with E-state index in [9.17, 15) is 14.4 Å². The zero-order valence-electron chi connectivity index (χ0n) is 17.6. The number of thiazole rings is 1. The van der Waals surface area contributed by atoms with Gasteiger partial charge in [0.1, 0.15) is 17.0 Å². The fourth-order valence-corrected chi connectivity index (χ4v) is 4.83. The van der Waals surface area contributed by atoms with E-state index >= 15 is 0 Å². The summed E-state index contributed by atoms with van der Waals surface area (Å²) in [5.41, 5.74) is -0.0828. The van der Waals surface area contributed by atoms with Gasteiger partial charge in [-0.3, -0.25) is 18.7 Å². The summed E-state index contributed by atoms with van der Waals surface area (Å²) in [5, 5.41) is 3.50. The number of anilines is 2. The molecule has 0 unspecified atom stereocenters. The average Bonchev–Trinajstić information content (AvgIpc) is 3.44. The van der Waals surface area contributed by atoms with Crippen LogP contribution in [0, 0.1) is 0 Å². The molecule has 0 radical (unpaired) electrons. The number of ether oxygens (including phenoxy) is 1. The van der Waals surface area contributed by atoms with Crippen molar-refractivity contribution in [1.82, 2.24) is 14.1 Å². The first-order valence-corrected chi connectivity index (χ1v) is 11.2. The van der Waals surface area contributed by atoms with Crippen LogP contribution in [0.25, 0.3) is 10.3 Å². The van der Waals surface area contributed by atoms with Gasteiger partial charge < -0.3 is 15.0 Å². The molecule has 1 N–H and O–H groups in total. The summed E-state index contributed by atoms with van der Waals surface area (Å²) < 4.78 is 8.17. The van der Waals surface area contributed by atoms with E-state index in [1.165, 1.54) is 27.6 Å². The highest BCUT2D eigenvalue weighted by Gasteiger charge is 2.23. The maximum Gasteiger partial charge on any atom is 0.333 e. The summed E-state index contributed by atoms with van der Waals surface area (Å²) in [5.74, 6) is 0.125. The molecule has 164 valence electrons. The summed E-state index contributed by atoms with van der Waals surface area (Å²) in [4.78, 5) is 45.6. The molecule has 1 fully saturated rings. The molecular weight excluding hydrogens is 418 g/mol. The third kappa shape index (κ3) is 4.07. The minimum Gasteiger partial charge on any atom is -0.495 e. The largest absolute Gasteiger partial charge is 0.495 e. The zero-order chi connectivity index (χ0) is 22.0. The molecule has 31 heavy (non-hydrogen) atoms. The Labute approximate surface area is 182 Å². The number of methoxy groups -OCH3 is 1. The Kier molecular flexibility index (Phi) is 6.08. The summed E-state index contributed by atoms with van der Waals surface area (Å²) >= 11 is 1.29. The first-order valence-electron chi connectivity index (χ1n) is 10.4. The second-order valence-electron chi connectivity index (χ2n) is 7.42. The van der Waals surface area contributed by atoms with Crippen molar-refractivity contribution in [1.29, 1.82) is 0 Å². The third-order valence-corrected chi connectivity index (χ3v) is 6.35. The van der Waals surface area contributed by atoms with Crippen molar-refractivity contribution in [3.05, 3.63) is 45.1 Å². The first kappa shape index (κ1) is 21.1. The van der Waals surface area contributed by atoms with Crippen molar-refractivity contribution in [2.24, 2.45) is 0 Å². The van der Waals surface area contributed by atoms with Gasteiger partial charge in [-0.2, -0.15) is 0 Å². The van der Waals surface area contributed by atoms with E-state index in [4.69, 9.17) is 4.74 Å². The van der Waals surface area contributed by atoms with Crippen LogP contribution in [0.3, 0.4) is 0 Å². The normalized spacial score (nSPS) is 13.7. The zero-order valence-corrected chi connectivity index (χ0v) is 18.4. The molecular formula is C21H25N5O4S. The van der Waals surface area contributed by atoms with E-state index < -0.39 is 11.6 Å². The van der Waals surface area contributed by atoms with Crippen LogP contribution in [0.2, 0.25) is 0 Å². The van der Waals surface area contributed by atoms with E-state index in [-0.39, 0.29) is 17.8 Å². The summed E-state index contributed by atoms with van der Waals surface area (Å²) in [6.07, 6.45) is 2.78. The monoisotopic (exact) mass is 443 g/mol. The maximum absolute atomic E-state index is 13.1. The fraction of sp³-hybridized carbons (Fsp3) is 0.429. The molecule has 0 aliphatic carbocycles. The van der Waals surface area contributed by atoms with E-state index in [0.717, 1.165) is 31.1 Å². The van der Waals surface area contributed by atoms with Crippen molar-refractivity contribution >= 4 is 38.4 Å². The number of rotatable bonds is 7. The number of carbonyl (C=O) groups excluding carboxylic acids is 1. The highest BCUT2D eigenvalue weighted by Crippen LogP contribution is 2.28. The minimum absolute atomic E-state index is 0.249. The van der Waals surface area contributed by atoms with Crippen molar-refractivity contribution < 1.29 is 9.53 Å². The molecule has 0 saturated carbocycles. The summed E-state index contributed by atoms with van der Waals surface area (Å²) in [6.45, 7) is 3.69. The number of carbonyl (C=O) groups is 1. The lowest BCUT2D eigenvalue weighted by molar-refractivity contribution is -0.116. The minimum atomic E-state index is -0.521. The number of nitrogens with one attached hydrogen (secondary N) is 1. The van der Waals surface area contributed by atoms with Gasteiger partial charge in [0.25, 0.3) is 5.56 Å². The van der Waals surface area contributed by atoms with E-state index in [2.05, 4.69) is 15.2 Å². The summed E-state index contributed by atoms with van der Waals surface area (Å²) in [7, 11) is 1.52. The number of para-hydroxylation sites is 2. The van der Waals surface area contributed by atoms with Crippen LogP contribution in [0.15, 0.2) is 33.9 Å². The lowest BCUT2D eigenvalue weighted by Crippen LogP contribution is -2.41. The van der Waals surface area contributed by atoms with Gasteiger partial charge in [0, 0.05) is 19.6 Å². The number of nitrogens with zero attached hydrogens (tertiary/aromatic N) is 4. The smallest absolute Gasteiger partial charge is 0.333 e. The van der Waals surface area contributed by atoms with Crippen LogP contribution in [0.1, 0.15) is 26.2 Å². The molecule has 2 aromatic heterocycles. The number of hydrogen-bond donors (Lipinski definition) is 1. The van der Waals surface area contributed by atoms with Crippen molar-refractivity contribution in [2.45, 2.75) is 39.3 Å². The molecule has 0 spiro atoms. The van der Waals surface area contributed by atoms with Crippen LogP contribution in [0.5, 0.6) is 5.75 Å². The number of aromatic nitrogens is 3. The van der Waals surface area contributed by atoms with Crippen molar-refractivity contribution in [3.63, 3.8) is 0 Å². The molecule has 0 atom stereocenters. The maximum atomic E-state index is 13.1. The molecule has 10 heteroatoms. The van der Waals surface area contributed by atoms with Crippen molar-refractivity contribution in [2.75, 3.05) is 30.4 Å². The topological polar surface area (TPSA) is 98.5 Å². The Morgan fingerprint density at radius 2 is 1.94 bits per heavy atom. The lowest BCUT2D eigenvalue weighted by atomic mass is 10.3. The van der Waals surface area contributed by atoms with Crippen LogP contribution in [-0.4, -0.2) is 40.2 Å². The van der Waals surface area contributed by atoms with Crippen molar-refractivity contribution in [3.8, 4) is 5.75 Å². The molecule has 3 heterocycles. The molecule has 3 aromatic rings. The Balaban J connectivity index is 1.75. The summed E-state index contributed by atoms with van der Waals surface area (Å²) in [6, 6.07) is 7.05. The Hall–Kier alpha value is -3.14. The molecule has 1 aromatic carbocycles. The van der Waals surface area contributed by atoms with Crippen LogP contribution in [-0.2, 0) is 17.9 Å². The number of fused-ring (bicyclic) bond motifs is 1. The van der Waals surface area contributed by atoms with Gasteiger partial charge in [-0.25, -0.2) is 9.78 Å². The second-order valence-corrected chi connectivity index (χ2v) is 8.39. The molecule has 4 rings (SSSR count). The van der Waals surface area contributed by atoms with Crippen LogP contribution >= 0.6 is 11.3 Å². The van der Waals surface area contributed by atoms with Crippen LogP contribution < -0.4 is 26.2 Å². The predicted octanol–water partition coefficient (Wildman–Crippen LogP) is 2.28. The predicted molar refractivity (Wildman–Crippen MR) is 122 cm³/mol. The molecule has 0 bridgehead atoms. The second kappa shape index (κ2) is 8.93. The van der Waals surface area contributed by atoms with Gasteiger partial charge in [-0.05, 0) is 31.4 Å². The molecule has 1 saturated heterocycles. The third-order valence-electron chi connectivity index (χ3n) is 5.26. The SMILES string of the molecule is CCCn1c(=O)c2sc(N3CCCC3)nc2n(CC(=O)Nc2ccccc2OC)c1=O. The molecule has 9 nitrogen and oxygen atoms in total. The van der Waals surface area contributed by atoms with Gasteiger partial charge in [0.2, 0.25) is 5.91 Å². The fourth-order valence-electron chi connectivity index (χ4n) is 3.76. The van der Waals surface area contributed by atoms with E-state index in [1.54, 1.807) is 24.3 Å². The quantitative estimate of drug-likeness (QED) is 0.602. The molecule has 1 aliphatic rings. The number of hydrogen-bond acceptors (Lipinski definition) is 7. The molecule has 1 amide bonds. The van der Waals surface area contributed by atoms with Gasteiger partial charge in [-0.1, -0.05) is 30.4 Å². The van der Waals surface area contributed by atoms with Gasteiger partial charge in [-0.15, -0.1) is 0 Å². The highest BCUT2D eigenvalue weighted by molar-refractivity contribution is 7.22. The lowest BCUT2D eigenvalue weighted by Gasteiger charge is -2.13. The Morgan fingerprint density at radius 1 is 1.19 bits per heavy atom. The van der Waals surface area contributed by atoms with Gasteiger partial charge >= 0.3 is 5.69 Å².